The summed E-state index contributed by atoms with van der Waals surface area (Å²) in [5.41, 5.74) is 9.22. The minimum absolute atomic E-state index is 0.152. The van der Waals surface area contributed by atoms with Gasteiger partial charge in [0.15, 0.2) is 0 Å². The van der Waals surface area contributed by atoms with Crippen molar-refractivity contribution in [2.24, 2.45) is 5.73 Å². The van der Waals surface area contributed by atoms with E-state index in [4.69, 9.17) is 5.73 Å². The summed E-state index contributed by atoms with van der Waals surface area (Å²) in [4.78, 5) is 0. The van der Waals surface area contributed by atoms with E-state index in [1.54, 1.807) is 11.3 Å². The van der Waals surface area contributed by atoms with Crippen LogP contribution in [0.2, 0.25) is 0 Å². The van der Waals surface area contributed by atoms with E-state index in [1.165, 1.54) is 0 Å². The van der Waals surface area contributed by atoms with Crippen LogP contribution < -0.4 is 5.73 Å². The number of hydrogen-bond donors (Lipinski definition) is 1. The van der Waals surface area contributed by atoms with Crippen LogP contribution in [-0.2, 0) is 0 Å². The molecule has 1 unspecified atom stereocenters. The molecule has 3 rings (SSSR count). The Morgan fingerprint density at radius 2 is 1.94 bits per heavy atom. The second kappa shape index (κ2) is 4.76. The van der Waals surface area contributed by atoms with Crippen molar-refractivity contribution in [2.45, 2.75) is 6.04 Å². The van der Waals surface area contributed by atoms with Gasteiger partial charge in [-0.2, -0.15) is 16.4 Å². The Hall–Kier alpha value is -1.91. The molecule has 18 heavy (non-hydrogen) atoms. The van der Waals surface area contributed by atoms with E-state index < -0.39 is 0 Å². The van der Waals surface area contributed by atoms with E-state index >= 15 is 0 Å². The first-order valence-electron chi connectivity index (χ1n) is 5.73. The highest BCUT2D eigenvalue weighted by Crippen LogP contribution is 2.20. The average molecular weight is 255 g/mol. The van der Waals surface area contributed by atoms with Crippen LogP contribution in [0.5, 0.6) is 0 Å². The first-order valence-corrected chi connectivity index (χ1v) is 6.67. The molecule has 0 aliphatic rings. The second-order valence-corrected chi connectivity index (χ2v) is 4.84. The SMILES string of the molecule is NC(c1ccsc1)c1ccn(-c2ccccc2)n1. The number of para-hydroxylation sites is 1. The molecule has 2 aromatic heterocycles. The summed E-state index contributed by atoms with van der Waals surface area (Å²) in [6.07, 6.45) is 1.94. The summed E-state index contributed by atoms with van der Waals surface area (Å²) in [7, 11) is 0. The molecule has 90 valence electrons. The van der Waals surface area contributed by atoms with Crippen molar-refractivity contribution >= 4 is 11.3 Å². The van der Waals surface area contributed by atoms with Crippen LogP contribution in [0.3, 0.4) is 0 Å². The lowest BCUT2D eigenvalue weighted by Crippen LogP contribution is -2.12. The third kappa shape index (κ3) is 2.08. The van der Waals surface area contributed by atoms with Gasteiger partial charge in [0.05, 0.1) is 17.4 Å². The molecule has 1 atom stereocenters. The van der Waals surface area contributed by atoms with Crippen LogP contribution in [0.4, 0.5) is 0 Å². The molecule has 3 nitrogen and oxygen atoms in total. The lowest BCUT2D eigenvalue weighted by Gasteiger charge is -2.06. The number of aromatic nitrogens is 2. The Morgan fingerprint density at radius 1 is 1.11 bits per heavy atom. The highest BCUT2D eigenvalue weighted by molar-refractivity contribution is 7.08. The van der Waals surface area contributed by atoms with Gasteiger partial charge in [0, 0.05) is 6.20 Å². The number of thiophene rings is 1. The molecule has 0 aliphatic carbocycles. The summed E-state index contributed by atoms with van der Waals surface area (Å²) in [6.45, 7) is 0. The van der Waals surface area contributed by atoms with Crippen molar-refractivity contribution in [1.29, 1.82) is 0 Å². The van der Waals surface area contributed by atoms with Gasteiger partial charge in [0.1, 0.15) is 0 Å². The number of rotatable bonds is 3. The molecule has 0 aliphatic heterocycles. The van der Waals surface area contributed by atoms with Crippen LogP contribution >= 0.6 is 11.3 Å². The molecule has 0 fully saturated rings. The molecule has 0 saturated heterocycles. The lowest BCUT2D eigenvalue weighted by molar-refractivity contribution is 0.775. The Balaban J connectivity index is 1.90. The summed E-state index contributed by atoms with van der Waals surface area (Å²) in [5.74, 6) is 0. The first-order chi connectivity index (χ1) is 8.84. The lowest BCUT2D eigenvalue weighted by atomic mass is 10.1. The smallest absolute Gasteiger partial charge is 0.0841 e. The second-order valence-electron chi connectivity index (χ2n) is 4.06. The van der Waals surface area contributed by atoms with E-state index in [0.29, 0.717) is 0 Å². The number of hydrogen-bond acceptors (Lipinski definition) is 3. The van der Waals surface area contributed by atoms with E-state index in [2.05, 4.69) is 10.5 Å². The van der Waals surface area contributed by atoms with Crippen molar-refractivity contribution in [3.05, 3.63) is 70.7 Å². The Kier molecular flexibility index (Phi) is 2.96. The van der Waals surface area contributed by atoms with Gasteiger partial charge >= 0.3 is 0 Å². The van der Waals surface area contributed by atoms with Gasteiger partial charge in [-0.15, -0.1) is 0 Å². The molecule has 0 radical (unpaired) electrons. The van der Waals surface area contributed by atoms with Gasteiger partial charge in [-0.05, 0) is 40.6 Å². The summed E-state index contributed by atoms with van der Waals surface area (Å²) in [5, 5.41) is 8.63. The fourth-order valence-electron chi connectivity index (χ4n) is 1.85. The Labute approximate surface area is 109 Å². The predicted molar refractivity (Wildman–Crippen MR) is 73.9 cm³/mol. The monoisotopic (exact) mass is 255 g/mol. The third-order valence-corrected chi connectivity index (χ3v) is 3.55. The topological polar surface area (TPSA) is 43.8 Å². The van der Waals surface area contributed by atoms with Gasteiger partial charge in [-0.1, -0.05) is 18.2 Å². The Bertz CT molecular complexity index is 614. The highest BCUT2D eigenvalue weighted by atomic mass is 32.1. The fraction of sp³-hybridized carbons (Fsp3) is 0.0714. The van der Waals surface area contributed by atoms with Crippen molar-refractivity contribution in [3.63, 3.8) is 0 Å². The molecule has 2 N–H and O–H groups in total. The zero-order valence-electron chi connectivity index (χ0n) is 9.73. The molecule has 2 heterocycles. The maximum Gasteiger partial charge on any atom is 0.0841 e. The summed E-state index contributed by atoms with van der Waals surface area (Å²) < 4.78 is 1.85. The van der Waals surface area contributed by atoms with Crippen molar-refractivity contribution in [2.75, 3.05) is 0 Å². The first kappa shape index (κ1) is 11.2. The highest BCUT2D eigenvalue weighted by Gasteiger charge is 2.12. The molecule has 0 bridgehead atoms. The molecule has 0 spiro atoms. The van der Waals surface area contributed by atoms with Gasteiger partial charge in [-0.3, -0.25) is 0 Å². The van der Waals surface area contributed by atoms with Crippen molar-refractivity contribution < 1.29 is 0 Å². The quantitative estimate of drug-likeness (QED) is 0.782. The predicted octanol–water partition coefficient (Wildman–Crippen LogP) is 2.98. The minimum Gasteiger partial charge on any atom is -0.319 e. The van der Waals surface area contributed by atoms with E-state index in [0.717, 1.165) is 16.9 Å². The zero-order chi connectivity index (χ0) is 12.4. The van der Waals surface area contributed by atoms with E-state index in [-0.39, 0.29) is 6.04 Å². The maximum atomic E-state index is 6.18. The molecule has 0 amide bonds. The van der Waals surface area contributed by atoms with Crippen LogP contribution in [0.1, 0.15) is 17.3 Å². The van der Waals surface area contributed by atoms with Crippen molar-refractivity contribution in [1.82, 2.24) is 9.78 Å². The molecular weight excluding hydrogens is 242 g/mol. The van der Waals surface area contributed by atoms with Crippen LogP contribution in [0.15, 0.2) is 59.4 Å². The normalized spacial score (nSPS) is 12.5. The fourth-order valence-corrected chi connectivity index (χ4v) is 2.55. The van der Waals surface area contributed by atoms with Gasteiger partial charge in [-0.25, -0.2) is 4.68 Å². The van der Waals surface area contributed by atoms with Crippen LogP contribution in [0.25, 0.3) is 5.69 Å². The van der Waals surface area contributed by atoms with Crippen LogP contribution in [-0.4, -0.2) is 9.78 Å². The maximum absolute atomic E-state index is 6.18. The largest absolute Gasteiger partial charge is 0.319 e. The average Bonchev–Trinajstić information content (AvgIpc) is 3.10. The Morgan fingerprint density at radius 3 is 2.67 bits per heavy atom. The number of benzene rings is 1. The van der Waals surface area contributed by atoms with Gasteiger partial charge in [0.2, 0.25) is 0 Å². The van der Waals surface area contributed by atoms with E-state index in [1.807, 2.05) is 58.7 Å². The minimum atomic E-state index is -0.152. The summed E-state index contributed by atoms with van der Waals surface area (Å²) >= 11 is 1.65. The number of nitrogens with two attached hydrogens (primary N) is 1. The molecule has 1 aromatic carbocycles. The van der Waals surface area contributed by atoms with Gasteiger partial charge < -0.3 is 5.73 Å². The zero-order valence-corrected chi connectivity index (χ0v) is 10.5. The van der Waals surface area contributed by atoms with Crippen molar-refractivity contribution in [3.8, 4) is 5.69 Å². The standard InChI is InChI=1S/C14H13N3S/c15-14(11-7-9-18-10-11)13-6-8-17(16-13)12-4-2-1-3-5-12/h1-10,14H,15H2. The van der Waals surface area contributed by atoms with Gasteiger partial charge in [0.25, 0.3) is 0 Å². The van der Waals surface area contributed by atoms with Crippen LogP contribution in [0, 0.1) is 0 Å². The number of nitrogens with zero attached hydrogens (tertiary/aromatic N) is 2. The third-order valence-electron chi connectivity index (χ3n) is 2.85. The molecule has 4 heteroatoms. The molecule has 0 saturated carbocycles. The molecule has 3 aromatic rings. The molecular formula is C14H13N3S. The van der Waals surface area contributed by atoms with E-state index in [9.17, 15) is 0 Å². The summed E-state index contributed by atoms with van der Waals surface area (Å²) in [6, 6.07) is 13.9.